The summed E-state index contributed by atoms with van der Waals surface area (Å²) < 4.78 is 38.8. The number of aryl methyl sites for hydroxylation is 2. The minimum Gasteiger partial charge on any atom is -0.263 e. The maximum atomic E-state index is 12.6. The van der Waals surface area contributed by atoms with E-state index < -0.39 is 11.9 Å². The van der Waals surface area contributed by atoms with Gasteiger partial charge in [-0.1, -0.05) is 13.8 Å². The van der Waals surface area contributed by atoms with Crippen LogP contribution < -0.4 is 0 Å². The second-order valence-corrected chi connectivity index (χ2v) is 3.62. The van der Waals surface area contributed by atoms with Crippen molar-refractivity contribution in [3.63, 3.8) is 0 Å². The van der Waals surface area contributed by atoms with Crippen LogP contribution in [0.4, 0.5) is 13.2 Å². The molecular formula is C9H13F3N2. The minimum atomic E-state index is -4.32. The Morgan fingerprint density at radius 2 is 1.79 bits per heavy atom. The molecule has 0 aromatic carbocycles. The second-order valence-electron chi connectivity index (χ2n) is 3.62. The van der Waals surface area contributed by atoms with E-state index in [9.17, 15) is 13.2 Å². The van der Waals surface area contributed by atoms with E-state index >= 15 is 0 Å². The van der Waals surface area contributed by atoms with Gasteiger partial charge in [0.15, 0.2) is 0 Å². The Hall–Kier alpha value is -1.00. The van der Waals surface area contributed by atoms with Crippen molar-refractivity contribution < 1.29 is 13.2 Å². The van der Waals surface area contributed by atoms with Crippen molar-refractivity contribution in [3.8, 4) is 0 Å². The Bertz CT molecular complexity index is 337. The van der Waals surface area contributed by atoms with Gasteiger partial charge < -0.3 is 0 Å². The smallest absolute Gasteiger partial charge is 0.263 e. The minimum absolute atomic E-state index is 0.166. The lowest BCUT2D eigenvalue weighted by Gasteiger charge is -2.12. The van der Waals surface area contributed by atoms with Crippen LogP contribution in [0.15, 0.2) is 0 Å². The molecule has 80 valence electrons. The zero-order valence-electron chi connectivity index (χ0n) is 8.61. The highest BCUT2D eigenvalue weighted by atomic mass is 19.4. The van der Waals surface area contributed by atoms with E-state index in [1.54, 1.807) is 20.8 Å². The van der Waals surface area contributed by atoms with Crippen molar-refractivity contribution in [2.75, 3.05) is 0 Å². The maximum absolute atomic E-state index is 12.6. The molecule has 2 nitrogen and oxygen atoms in total. The van der Waals surface area contributed by atoms with Crippen LogP contribution in [0.2, 0.25) is 0 Å². The quantitative estimate of drug-likeness (QED) is 0.690. The summed E-state index contributed by atoms with van der Waals surface area (Å²) in [7, 11) is 1.32. The Balaban J connectivity index is 3.40. The predicted molar refractivity (Wildman–Crippen MR) is 47.0 cm³/mol. The van der Waals surface area contributed by atoms with Crippen molar-refractivity contribution in [1.82, 2.24) is 9.78 Å². The van der Waals surface area contributed by atoms with Gasteiger partial charge in [0.1, 0.15) is 5.69 Å². The molecule has 1 aromatic heterocycles. The second kappa shape index (κ2) is 3.29. The number of hydrogen-bond acceptors (Lipinski definition) is 1. The lowest BCUT2D eigenvalue weighted by Crippen LogP contribution is -2.14. The SMILES string of the molecule is Cc1nn(C)c(C(F)(F)F)c1C(C)C. The summed E-state index contributed by atoms with van der Waals surface area (Å²) in [5, 5.41) is 3.80. The molecule has 0 aliphatic carbocycles. The molecule has 0 unspecified atom stereocenters. The number of nitrogens with zero attached hydrogens (tertiary/aromatic N) is 2. The molecule has 0 N–H and O–H groups in total. The van der Waals surface area contributed by atoms with Crippen LogP contribution in [-0.2, 0) is 13.2 Å². The highest BCUT2D eigenvalue weighted by molar-refractivity contribution is 5.30. The average Bonchev–Trinajstić information content (AvgIpc) is 2.23. The van der Waals surface area contributed by atoms with E-state index in [-0.39, 0.29) is 5.92 Å². The molecule has 1 aromatic rings. The summed E-state index contributed by atoms with van der Waals surface area (Å²) >= 11 is 0. The van der Waals surface area contributed by atoms with Crippen molar-refractivity contribution in [3.05, 3.63) is 17.0 Å². The topological polar surface area (TPSA) is 17.8 Å². The fourth-order valence-electron chi connectivity index (χ4n) is 1.70. The summed E-state index contributed by atoms with van der Waals surface area (Å²) in [5.74, 6) is -0.166. The van der Waals surface area contributed by atoms with Gasteiger partial charge in [0.25, 0.3) is 0 Å². The van der Waals surface area contributed by atoms with E-state index in [4.69, 9.17) is 0 Å². The number of alkyl halides is 3. The van der Waals surface area contributed by atoms with E-state index in [0.717, 1.165) is 4.68 Å². The molecule has 0 radical (unpaired) electrons. The fourth-order valence-corrected chi connectivity index (χ4v) is 1.70. The number of rotatable bonds is 1. The Kier molecular flexibility index (Phi) is 2.61. The van der Waals surface area contributed by atoms with Gasteiger partial charge in [0.2, 0.25) is 0 Å². The summed E-state index contributed by atoms with van der Waals surface area (Å²) in [6.07, 6.45) is -4.32. The van der Waals surface area contributed by atoms with Crippen molar-refractivity contribution >= 4 is 0 Å². The van der Waals surface area contributed by atoms with Crippen LogP contribution in [0.5, 0.6) is 0 Å². The zero-order valence-corrected chi connectivity index (χ0v) is 8.61. The highest BCUT2D eigenvalue weighted by Gasteiger charge is 2.38. The van der Waals surface area contributed by atoms with Gasteiger partial charge in [0.05, 0.1) is 5.69 Å². The first-order valence-corrected chi connectivity index (χ1v) is 4.35. The molecular weight excluding hydrogens is 193 g/mol. The molecule has 0 aliphatic rings. The Morgan fingerprint density at radius 3 is 2.07 bits per heavy atom. The first-order valence-electron chi connectivity index (χ1n) is 4.35. The van der Waals surface area contributed by atoms with Gasteiger partial charge in [0, 0.05) is 12.6 Å². The van der Waals surface area contributed by atoms with Gasteiger partial charge in [-0.25, -0.2) is 0 Å². The number of hydrogen-bond donors (Lipinski definition) is 0. The largest absolute Gasteiger partial charge is 0.433 e. The lowest BCUT2D eigenvalue weighted by molar-refractivity contribution is -0.144. The number of halogens is 3. The van der Waals surface area contributed by atoms with Crippen LogP contribution >= 0.6 is 0 Å². The molecule has 0 amide bonds. The maximum Gasteiger partial charge on any atom is 0.433 e. The predicted octanol–water partition coefficient (Wildman–Crippen LogP) is 2.87. The molecule has 0 aliphatic heterocycles. The molecule has 1 rings (SSSR count). The van der Waals surface area contributed by atoms with Gasteiger partial charge in [-0.15, -0.1) is 0 Å². The Morgan fingerprint density at radius 1 is 1.29 bits per heavy atom. The average molecular weight is 206 g/mol. The van der Waals surface area contributed by atoms with Crippen LogP contribution in [0.25, 0.3) is 0 Å². The third-order valence-electron chi connectivity index (χ3n) is 2.11. The summed E-state index contributed by atoms with van der Waals surface area (Å²) in [6.45, 7) is 5.07. The van der Waals surface area contributed by atoms with E-state index in [1.165, 1.54) is 7.05 Å². The van der Waals surface area contributed by atoms with Gasteiger partial charge in [-0.3, -0.25) is 4.68 Å². The summed E-state index contributed by atoms with van der Waals surface area (Å²) in [4.78, 5) is 0. The van der Waals surface area contributed by atoms with Crippen molar-refractivity contribution in [2.45, 2.75) is 32.9 Å². The third kappa shape index (κ3) is 1.76. The fraction of sp³-hybridized carbons (Fsp3) is 0.667. The molecule has 5 heteroatoms. The van der Waals surface area contributed by atoms with Crippen LogP contribution in [0.1, 0.15) is 36.7 Å². The molecule has 0 spiro atoms. The van der Waals surface area contributed by atoms with E-state index in [0.29, 0.717) is 11.3 Å². The molecule has 0 bridgehead atoms. The molecule has 0 atom stereocenters. The van der Waals surface area contributed by atoms with Gasteiger partial charge >= 0.3 is 6.18 Å². The summed E-state index contributed by atoms with van der Waals surface area (Å²) in [6, 6.07) is 0. The molecule has 0 saturated heterocycles. The van der Waals surface area contributed by atoms with Crippen LogP contribution in [-0.4, -0.2) is 9.78 Å². The van der Waals surface area contributed by atoms with Crippen molar-refractivity contribution in [2.24, 2.45) is 7.05 Å². The standard InChI is InChI=1S/C9H13F3N2/c1-5(2)7-6(3)13-14(4)8(7)9(10,11)12/h5H,1-4H3. The third-order valence-corrected chi connectivity index (χ3v) is 2.11. The zero-order chi connectivity index (χ0) is 11.1. The van der Waals surface area contributed by atoms with Gasteiger partial charge in [-0.05, 0) is 12.8 Å². The monoisotopic (exact) mass is 206 g/mol. The van der Waals surface area contributed by atoms with Crippen molar-refractivity contribution in [1.29, 1.82) is 0 Å². The van der Waals surface area contributed by atoms with Crippen LogP contribution in [0.3, 0.4) is 0 Å². The first kappa shape index (κ1) is 11.1. The molecule has 14 heavy (non-hydrogen) atoms. The Labute approximate surface area is 80.7 Å². The first-order chi connectivity index (χ1) is 6.25. The summed E-state index contributed by atoms with van der Waals surface area (Å²) in [5.41, 5.74) is 0.111. The normalized spacial score (nSPS) is 12.6. The number of aromatic nitrogens is 2. The van der Waals surface area contributed by atoms with E-state index in [2.05, 4.69) is 5.10 Å². The molecule has 1 heterocycles. The molecule has 0 saturated carbocycles. The van der Waals surface area contributed by atoms with E-state index in [1.807, 2.05) is 0 Å². The molecule has 0 fully saturated rings. The van der Waals surface area contributed by atoms with Crippen LogP contribution in [0, 0.1) is 6.92 Å². The lowest BCUT2D eigenvalue weighted by atomic mass is 10.0. The van der Waals surface area contributed by atoms with Gasteiger partial charge in [-0.2, -0.15) is 18.3 Å². The highest BCUT2D eigenvalue weighted by Crippen LogP contribution is 2.36.